The van der Waals surface area contributed by atoms with Crippen molar-refractivity contribution >= 4 is 11.6 Å². The molecule has 1 aromatic rings. The van der Waals surface area contributed by atoms with Gasteiger partial charge in [-0.25, -0.2) is 4.39 Å². The van der Waals surface area contributed by atoms with E-state index in [2.05, 4.69) is 10.6 Å². The Balaban J connectivity index is 2.13. The van der Waals surface area contributed by atoms with Crippen LogP contribution in [0.4, 0.5) is 23.2 Å². The number of nitrogens with one attached hydrogen (secondary N) is 2. The summed E-state index contributed by atoms with van der Waals surface area (Å²) in [7, 11) is 0. The van der Waals surface area contributed by atoms with Crippen LogP contribution in [0.2, 0.25) is 0 Å². The van der Waals surface area contributed by atoms with E-state index in [0.29, 0.717) is 31.4 Å². The van der Waals surface area contributed by atoms with Crippen LogP contribution in [0.1, 0.15) is 5.56 Å². The van der Waals surface area contributed by atoms with E-state index in [9.17, 15) is 22.4 Å². The highest BCUT2D eigenvalue weighted by Gasteiger charge is 2.31. The van der Waals surface area contributed by atoms with Crippen LogP contribution >= 0.6 is 0 Å². The molecule has 1 saturated heterocycles. The second-order valence-corrected chi connectivity index (χ2v) is 4.26. The fourth-order valence-electron chi connectivity index (χ4n) is 1.75. The highest BCUT2D eigenvalue weighted by molar-refractivity contribution is 5.95. The van der Waals surface area contributed by atoms with E-state index >= 15 is 0 Å². The maximum absolute atomic E-state index is 13.5. The van der Waals surface area contributed by atoms with Gasteiger partial charge in [-0.15, -0.1) is 0 Å². The molecule has 110 valence electrons. The molecule has 0 aliphatic carbocycles. The summed E-state index contributed by atoms with van der Waals surface area (Å²) in [5, 5.41) is 4.96. The van der Waals surface area contributed by atoms with E-state index in [1.54, 1.807) is 0 Å². The van der Waals surface area contributed by atoms with Gasteiger partial charge in [0.1, 0.15) is 11.9 Å². The lowest BCUT2D eigenvalue weighted by Gasteiger charge is -2.23. The summed E-state index contributed by atoms with van der Waals surface area (Å²) in [4.78, 5) is 11.8. The fraction of sp³-hybridized carbons (Fsp3) is 0.417. The number of carbonyl (C=O) groups is 1. The van der Waals surface area contributed by atoms with Gasteiger partial charge in [-0.1, -0.05) is 0 Å². The topological polar surface area (TPSA) is 50.4 Å². The molecule has 1 aromatic carbocycles. The Bertz CT molecular complexity index is 499. The van der Waals surface area contributed by atoms with E-state index < -0.39 is 35.2 Å². The third kappa shape index (κ3) is 3.45. The zero-order chi connectivity index (χ0) is 14.8. The Kier molecular flexibility index (Phi) is 4.24. The van der Waals surface area contributed by atoms with Gasteiger partial charge in [0.25, 0.3) is 0 Å². The van der Waals surface area contributed by atoms with Gasteiger partial charge in [-0.05, 0) is 18.2 Å². The third-order valence-electron chi connectivity index (χ3n) is 2.79. The lowest BCUT2D eigenvalue weighted by atomic mass is 10.1. The minimum absolute atomic E-state index is 0.0897. The molecule has 1 amide bonds. The molecule has 0 spiro atoms. The first-order valence-corrected chi connectivity index (χ1v) is 5.86. The SMILES string of the molecule is O=C(Nc1cc(C(F)(F)F)ccc1F)C1COCCN1. The van der Waals surface area contributed by atoms with Crippen LogP contribution in [0, 0.1) is 5.82 Å². The molecule has 20 heavy (non-hydrogen) atoms. The lowest BCUT2D eigenvalue weighted by molar-refractivity contribution is -0.137. The molecule has 2 rings (SSSR count). The first-order valence-electron chi connectivity index (χ1n) is 5.86. The van der Waals surface area contributed by atoms with Crippen LogP contribution in [-0.2, 0) is 15.7 Å². The molecule has 1 aliphatic rings. The summed E-state index contributed by atoms with van der Waals surface area (Å²) in [6.45, 7) is 0.983. The smallest absolute Gasteiger partial charge is 0.378 e. The number of rotatable bonds is 2. The van der Waals surface area contributed by atoms with Gasteiger partial charge in [0.05, 0.1) is 24.5 Å². The van der Waals surface area contributed by atoms with Crippen LogP contribution in [0.15, 0.2) is 18.2 Å². The number of carbonyl (C=O) groups excluding carboxylic acids is 1. The average Bonchev–Trinajstić information content (AvgIpc) is 2.41. The monoisotopic (exact) mass is 292 g/mol. The molecule has 1 unspecified atom stereocenters. The molecule has 1 atom stereocenters. The second kappa shape index (κ2) is 5.76. The summed E-state index contributed by atoms with van der Waals surface area (Å²) in [5.41, 5.74) is -1.53. The maximum atomic E-state index is 13.5. The normalized spacial score (nSPS) is 19.7. The molecule has 2 N–H and O–H groups in total. The number of halogens is 4. The van der Waals surface area contributed by atoms with Gasteiger partial charge in [-0.2, -0.15) is 13.2 Å². The van der Waals surface area contributed by atoms with E-state index in [1.165, 1.54) is 0 Å². The Hall–Kier alpha value is -1.67. The predicted molar refractivity (Wildman–Crippen MR) is 62.6 cm³/mol. The number of anilines is 1. The van der Waals surface area contributed by atoms with Crippen molar-refractivity contribution in [2.45, 2.75) is 12.2 Å². The number of ether oxygens (including phenoxy) is 1. The molecular formula is C12H12F4N2O2. The van der Waals surface area contributed by atoms with Crippen molar-refractivity contribution in [3.05, 3.63) is 29.6 Å². The molecule has 0 radical (unpaired) electrons. The standard InChI is InChI=1S/C12H12F4N2O2/c13-8-2-1-7(12(14,15)16)5-9(8)18-11(19)10-6-20-4-3-17-10/h1-2,5,10,17H,3-4,6H2,(H,18,19). The van der Waals surface area contributed by atoms with Crippen molar-refractivity contribution in [3.8, 4) is 0 Å². The first-order chi connectivity index (χ1) is 9.38. The first kappa shape index (κ1) is 14.7. The van der Waals surface area contributed by atoms with Crippen molar-refractivity contribution in [1.29, 1.82) is 0 Å². The molecular weight excluding hydrogens is 280 g/mol. The maximum Gasteiger partial charge on any atom is 0.416 e. The summed E-state index contributed by atoms with van der Waals surface area (Å²) >= 11 is 0. The summed E-state index contributed by atoms with van der Waals surface area (Å²) in [6, 6.07) is 1.14. The van der Waals surface area contributed by atoms with E-state index in [-0.39, 0.29) is 6.61 Å². The molecule has 0 bridgehead atoms. The Labute approximate surface area is 112 Å². The van der Waals surface area contributed by atoms with Crippen molar-refractivity contribution in [1.82, 2.24) is 5.32 Å². The van der Waals surface area contributed by atoms with Crippen LogP contribution in [0.5, 0.6) is 0 Å². The highest BCUT2D eigenvalue weighted by Crippen LogP contribution is 2.31. The van der Waals surface area contributed by atoms with Gasteiger partial charge >= 0.3 is 6.18 Å². The van der Waals surface area contributed by atoms with Crippen LogP contribution in [0.25, 0.3) is 0 Å². The number of hydrogen-bond acceptors (Lipinski definition) is 3. The minimum Gasteiger partial charge on any atom is -0.378 e. The molecule has 4 nitrogen and oxygen atoms in total. The van der Waals surface area contributed by atoms with Crippen LogP contribution < -0.4 is 10.6 Å². The van der Waals surface area contributed by atoms with Crippen molar-refractivity contribution < 1.29 is 27.1 Å². The van der Waals surface area contributed by atoms with Crippen LogP contribution in [0.3, 0.4) is 0 Å². The molecule has 8 heteroatoms. The molecule has 1 heterocycles. The van der Waals surface area contributed by atoms with Gasteiger partial charge in [-0.3, -0.25) is 4.79 Å². The fourth-order valence-corrected chi connectivity index (χ4v) is 1.75. The van der Waals surface area contributed by atoms with E-state index in [0.717, 1.165) is 0 Å². The minimum atomic E-state index is -4.60. The second-order valence-electron chi connectivity index (χ2n) is 4.26. The van der Waals surface area contributed by atoms with Gasteiger partial charge in [0, 0.05) is 6.54 Å². The van der Waals surface area contributed by atoms with E-state index in [4.69, 9.17) is 4.74 Å². The van der Waals surface area contributed by atoms with E-state index in [1.807, 2.05) is 0 Å². The number of benzene rings is 1. The lowest BCUT2D eigenvalue weighted by Crippen LogP contribution is -2.48. The van der Waals surface area contributed by atoms with Crippen molar-refractivity contribution in [2.24, 2.45) is 0 Å². The Morgan fingerprint density at radius 2 is 2.15 bits per heavy atom. The average molecular weight is 292 g/mol. The summed E-state index contributed by atoms with van der Waals surface area (Å²) in [6.07, 6.45) is -4.60. The van der Waals surface area contributed by atoms with Crippen molar-refractivity contribution in [2.75, 3.05) is 25.1 Å². The summed E-state index contributed by atoms with van der Waals surface area (Å²) in [5.74, 6) is -1.56. The number of alkyl halides is 3. The summed E-state index contributed by atoms with van der Waals surface area (Å²) < 4.78 is 56.1. The predicted octanol–water partition coefficient (Wildman–Crippen LogP) is 1.77. The van der Waals surface area contributed by atoms with Gasteiger partial charge < -0.3 is 15.4 Å². The van der Waals surface area contributed by atoms with Gasteiger partial charge in [0.2, 0.25) is 5.91 Å². The Morgan fingerprint density at radius 3 is 2.75 bits per heavy atom. The number of hydrogen-bond donors (Lipinski definition) is 2. The highest BCUT2D eigenvalue weighted by atomic mass is 19.4. The zero-order valence-corrected chi connectivity index (χ0v) is 10.3. The third-order valence-corrected chi connectivity index (χ3v) is 2.79. The number of amides is 1. The van der Waals surface area contributed by atoms with Crippen molar-refractivity contribution in [3.63, 3.8) is 0 Å². The Morgan fingerprint density at radius 1 is 1.40 bits per heavy atom. The molecule has 1 aliphatic heterocycles. The molecule has 1 fully saturated rings. The molecule has 0 saturated carbocycles. The van der Waals surface area contributed by atoms with Crippen LogP contribution in [-0.4, -0.2) is 31.7 Å². The quantitative estimate of drug-likeness (QED) is 0.817. The zero-order valence-electron chi connectivity index (χ0n) is 10.3. The number of morpholine rings is 1. The van der Waals surface area contributed by atoms with Gasteiger partial charge in [0.15, 0.2) is 0 Å². The molecule has 0 aromatic heterocycles. The largest absolute Gasteiger partial charge is 0.416 e.